The molecule has 0 bridgehead atoms. The first kappa shape index (κ1) is 27.8. The molecular formula is C29H34N2O8. The van der Waals surface area contributed by atoms with Gasteiger partial charge in [-0.1, -0.05) is 6.07 Å². The molecular weight excluding hydrogens is 504 g/mol. The average Bonchev–Trinajstić information content (AvgIpc) is 2.97. The van der Waals surface area contributed by atoms with E-state index in [1.807, 2.05) is 24.3 Å². The molecule has 0 aliphatic carbocycles. The predicted octanol–water partition coefficient (Wildman–Crippen LogP) is 3.39. The summed E-state index contributed by atoms with van der Waals surface area (Å²) in [5, 5.41) is 10.8. The number of benzene rings is 2. The van der Waals surface area contributed by atoms with Gasteiger partial charge in [-0.2, -0.15) is 0 Å². The van der Waals surface area contributed by atoms with Crippen molar-refractivity contribution in [2.45, 2.75) is 18.9 Å². The lowest BCUT2D eigenvalue weighted by Crippen LogP contribution is -2.46. The first-order valence-corrected chi connectivity index (χ1v) is 12.6. The van der Waals surface area contributed by atoms with E-state index in [4.69, 9.17) is 23.4 Å². The average molecular weight is 539 g/mol. The molecule has 0 spiro atoms. The van der Waals surface area contributed by atoms with Gasteiger partial charge in [0.05, 0.1) is 47.3 Å². The lowest BCUT2D eigenvalue weighted by molar-refractivity contribution is -0.140. The molecule has 2 aromatic carbocycles. The molecule has 10 nitrogen and oxygen atoms in total. The molecule has 39 heavy (non-hydrogen) atoms. The van der Waals surface area contributed by atoms with Gasteiger partial charge in [-0.05, 0) is 30.3 Å². The maximum atomic E-state index is 12.8. The van der Waals surface area contributed by atoms with Crippen LogP contribution < -0.4 is 24.5 Å². The fourth-order valence-electron chi connectivity index (χ4n) is 4.75. The lowest BCUT2D eigenvalue weighted by atomic mass is 9.91. The van der Waals surface area contributed by atoms with E-state index in [0.29, 0.717) is 29.4 Å². The maximum absolute atomic E-state index is 12.8. The summed E-state index contributed by atoms with van der Waals surface area (Å²) in [6.07, 6.45) is -0.167. The number of methoxy groups -OCH3 is 4. The summed E-state index contributed by atoms with van der Waals surface area (Å²) in [4.78, 5) is 29.7. The molecule has 1 aromatic heterocycles. The standard InChI is InChI=1S/C29H34N2O8/c1-35-20-7-5-19(6-8-20)31-13-11-30(12-14-31)18-22-15-25(32)28(34)29(39-22)24(17-27(33)38-4)23-10-9-21(36-2)16-26(23)37-3/h5-10,15-16,24,34H,11-14,17-18H2,1-4H3. The topological polar surface area (TPSA) is 111 Å². The van der Waals surface area contributed by atoms with Crippen LogP contribution in [0.1, 0.15) is 29.4 Å². The van der Waals surface area contributed by atoms with E-state index in [0.717, 1.165) is 37.6 Å². The second-order valence-corrected chi connectivity index (χ2v) is 9.19. The van der Waals surface area contributed by atoms with Crippen molar-refractivity contribution in [1.29, 1.82) is 0 Å². The predicted molar refractivity (Wildman–Crippen MR) is 145 cm³/mol. The summed E-state index contributed by atoms with van der Waals surface area (Å²) in [7, 11) is 5.95. The third-order valence-corrected chi connectivity index (χ3v) is 6.92. The van der Waals surface area contributed by atoms with Gasteiger partial charge in [-0.25, -0.2) is 0 Å². The van der Waals surface area contributed by atoms with Crippen molar-refractivity contribution in [3.05, 3.63) is 75.8 Å². The highest BCUT2D eigenvalue weighted by Gasteiger charge is 2.30. The highest BCUT2D eigenvalue weighted by Crippen LogP contribution is 2.39. The van der Waals surface area contributed by atoms with E-state index in [-0.39, 0.29) is 12.2 Å². The lowest BCUT2D eigenvalue weighted by Gasteiger charge is -2.36. The Balaban J connectivity index is 1.57. The Labute approximate surface area is 227 Å². The zero-order valence-corrected chi connectivity index (χ0v) is 22.6. The quantitative estimate of drug-likeness (QED) is 0.386. The smallest absolute Gasteiger partial charge is 0.306 e. The van der Waals surface area contributed by atoms with Crippen LogP contribution in [0.15, 0.2) is 57.7 Å². The molecule has 0 radical (unpaired) electrons. The third kappa shape index (κ3) is 6.46. The molecule has 208 valence electrons. The summed E-state index contributed by atoms with van der Waals surface area (Å²) in [5.41, 5.74) is 1.09. The van der Waals surface area contributed by atoms with Crippen molar-refractivity contribution in [3.8, 4) is 23.0 Å². The summed E-state index contributed by atoms with van der Waals surface area (Å²) in [6, 6.07) is 14.4. The van der Waals surface area contributed by atoms with Crippen LogP contribution in [0.5, 0.6) is 23.0 Å². The summed E-state index contributed by atoms with van der Waals surface area (Å²) >= 11 is 0. The van der Waals surface area contributed by atoms with Crippen molar-refractivity contribution in [1.82, 2.24) is 4.90 Å². The van der Waals surface area contributed by atoms with Crippen LogP contribution in [0.2, 0.25) is 0 Å². The molecule has 0 saturated carbocycles. The van der Waals surface area contributed by atoms with Crippen LogP contribution in [0.25, 0.3) is 0 Å². The van der Waals surface area contributed by atoms with E-state index < -0.39 is 23.1 Å². The third-order valence-electron chi connectivity index (χ3n) is 6.92. The van der Waals surface area contributed by atoms with Crippen molar-refractivity contribution in [3.63, 3.8) is 0 Å². The van der Waals surface area contributed by atoms with Gasteiger partial charge < -0.3 is 33.4 Å². The minimum atomic E-state index is -0.821. The molecule has 1 aliphatic heterocycles. The number of piperazine rings is 1. The summed E-state index contributed by atoms with van der Waals surface area (Å²) in [5.74, 6) is 0.281. The molecule has 2 heterocycles. The summed E-state index contributed by atoms with van der Waals surface area (Å²) < 4.78 is 27.1. The minimum Gasteiger partial charge on any atom is -0.502 e. The molecule has 1 unspecified atom stereocenters. The molecule has 1 atom stereocenters. The minimum absolute atomic E-state index is 0.0109. The number of rotatable bonds is 10. The Hall–Kier alpha value is -4.18. The van der Waals surface area contributed by atoms with Crippen LogP contribution in [-0.2, 0) is 16.1 Å². The molecule has 1 N–H and O–H groups in total. The largest absolute Gasteiger partial charge is 0.502 e. The van der Waals surface area contributed by atoms with E-state index in [9.17, 15) is 14.7 Å². The van der Waals surface area contributed by atoms with Crippen molar-refractivity contribution < 1.29 is 33.3 Å². The Morgan fingerprint density at radius 1 is 0.923 bits per heavy atom. The van der Waals surface area contributed by atoms with E-state index in [1.54, 1.807) is 25.3 Å². The number of ether oxygens (including phenoxy) is 4. The number of hydrogen-bond acceptors (Lipinski definition) is 10. The van der Waals surface area contributed by atoms with Crippen LogP contribution in [-0.4, -0.2) is 70.6 Å². The van der Waals surface area contributed by atoms with Gasteiger partial charge in [0.15, 0.2) is 5.76 Å². The molecule has 4 rings (SSSR count). The molecule has 1 fully saturated rings. The maximum Gasteiger partial charge on any atom is 0.306 e. The number of carbonyl (C=O) groups is 1. The first-order chi connectivity index (χ1) is 18.9. The van der Waals surface area contributed by atoms with Gasteiger partial charge in [-0.15, -0.1) is 0 Å². The van der Waals surface area contributed by atoms with E-state index in [1.165, 1.54) is 27.4 Å². The number of nitrogens with zero attached hydrogens (tertiary/aromatic N) is 2. The fraction of sp³-hybridized carbons (Fsp3) is 0.379. The Morgan fingerprint density at radius 2 is 1.59 bits per heavy atom. The first-order valence-electron chi connectivity index (χ1n) is 12.6. The highest BCUT2D eigenvalue weighted by molar-refractivity contribution is 5.71. The second kappa shape index (κ2) is 12.6. The monoisotopic (exact) mass is 538 g/mol. The van der Waals surface area contributed by atoms with Crippen LogP contribution in [0.3, 0.4) is 0 Å². The zero-order chi connectivity index (χ0) is 27.9. The SMILES string of the molecule is COC(=O)CC(c1ccc(OC)cc1OC)c1oc(CN2CCN(c3ccc(OC)cc3)CC2)cc(=O)c1O. The number of carbonyl (C=O) groups excluding carboxylic acids is 1. The van der Waals surface area contributed by atoms with Gasteiger partial charge in [0.25, 0.3) is 0 Å². The Kier molecular flexibility index (Phi) is 8.98. The molecule has 10 heteroatoms. The van der Waals surface area contributed by atoms with Gasteiger partial charge in [0.2, 0.25) is 11.2 Å². The van der Waals surface area contributed by atoms with Crippen LogP contribution in [0, 0.1) is 0 Å². The normalized spacial score (nSPS) is 14.5. The number of anilines is 1. The van der Waals surface area contributed by atoms with Gasteiger partial charge in [0.1, 0.15) is 23.0 Å². The molecule has 0 amide bonds. The Morgan fingerprint density at radius 3 is 2.21 bits per heavy atom. The van der Waals surface area contributed by atoms with E-state index >= 15 is 0 Å². The van der Waals surface area contributed by atoms with Crippen molar-refractivity contribution >= 4 is 11.7 Å². The van der Waals surface area contributed by atoms with Crippen LogP contribution >= 0.6 is 0 Å². The fourth-order valence-corrected chi connectivity index (χ4v) is 4.75. The molecule has 1 saturated heterocycles. The summed E-state index contributed by atoms with van der Waals surface area (Å²) in [6.45, 7) is 3.49. The number of hydrogen-bond donors (Lipinski definition) is 1. The van der Waals surface area contributed by atoms with Crippen molar-refractivity contribution in [2.75, 3.05) is 59.5 Å². The molecule has 3 aromatic rings. The second-order valence-electron chi connectivity index (χ2n) is 9.19. The zero-order valence-electron chi connectivity index (χ0n) is 22.6. The van der Waals surface area contributed by atoms with Crippen molar-refractivity contribution in [2.24, 2.45) is 0 Å². The van der Waals surface area contributed by atoms with Crippen LogP contribution in [0.4, 0.5) is 5.69 Å². The Bertz CT molecular complexity index is 1330. The van der Waals surface area contributed by atoms with Gasteiger partial charge in [-0.3, -0.25) is 14.5 Å². The van der Waals surface area contributed by atoms with Gasteiger partial charge in [0, 0.05) is 49.6 Å². The number of esters is 1. The molecule has 1 aliphatic rings. The number of aromatic hydroxyl groups is 1. The van der Waals surface area contributed by atoms with Gasteiger partial charge >= 0.3 is 5.97 Å². The highest BCUT2D eigenvalue weighted by atomic mass is 16.5. The van der Waals surface area contributed by atoms with E-state index in [2.05, 4.69) is 9.80 Å².